The van der Waals surface area contributed by atoms with Gasteiger partial charge >= 0.3 is 0 Å². The van der Waals surface area contributed by atoms with Gasteiger partial charge in [0.2, 0.25) is 0 Å². The Balaban J connectivity index is 2.56. The van der Waals surface area contributed by atoms with Gasteiger partial charge in [-0.2, -0.15) is 0 Å². The zero-order chi connectivity index (χ0) is 11.3. The second-order valence-corrected chi connectivity index (χ2v) is 4.30. The fraction of sp³-hybridized carbons (Fsp3) is 0.667. The molecule has 1 rings (SSSR count). The quantitative estimate of drug-likeness (QED) is 0.560. The van der Waals surface area contributed by atoms with Gasteiger partial charge in [0, 0.05) is 0 Å². The summed E-state index contributed by atoms with van der Waals surface area (Å²) in [6.45, 7) is 6.41. The van der Waals surface area contributed by atoms with Gasteiger partial charge in [0.25, 0.3) is 0 Å². The third-order valence-electron chi connectivity index (χ3n) is 2.73. The molecule has 0 aliphatic rings. The topological polar surface area (TPSA) is 51.2 Å². The first-order valence-electron chi connectivity index (χ1n) is 5.69. The molecule has 3 heteroatoms. The number of furan rings is 1. The molecule has 0 radical (unpaired) electrons. The fourth-order valence-electron chi connectivity index (χ4n) is 1.92. The molecular weight excluding hydrogens is 188 g/mol. The summed E-state index contributed by atoms with van der Waals surface area (Å²) >= 11 is 0. The average Bonchev–Trinajstić information content (AvgIpc) is 2.61. The van der Waals surface area contributed by atoms with Gasteiger partial charge in [-0.1, -0.05) is 26.7 Å². The summed E-state index contributed by atoms with van der Waals surface area (Å²) in [5.74, 6) is 8.10. The maximum Gasteiger partial charge on any atom is 0.122 e. The van der Waals surface area contributed by atoms with E-state index in [4.69, 9.17) is 10.3 Å². The van der Waals surface area contributed by atoms with Crippen LogP contribution in [0, 0.1) is 12.8 Å². The lowest BCUT2D eigenvalue weighted by Crippen LogP contribution is -2.29. The van der Waals surface area contributed by atoms with Crippen LogP contribution in [0.25, 0.3) is 0 Å². The zero-order valence-corrected chi connectivity index (χ0v) is 9.92. The third-order valence-corrected chi connectivity index (χ3v) is 2.73. The molecule has 0 bridgehead atoms. The Bertz CT molecular complexity index is 283. The van der Waals surface area contributed by atoms with Crippen molar-refractivity contribution in [2.75, 3.05) is 0 Å². The molecule has 3 N–H and O–H groups in total. The van der Waals surface area contributed by atoms with Gasteiger partial charge in [0.05, 0.1) is 6.04 Å². The van der Waals surface area contributed by atoms with Crippen molar-refractivity contribution >= 4 is 0 Å². The van der Waals surface area contributed by atoms with Crippen molar-refractivity contribution in [2.45, 2.75) is 46.1 Å². The van der Waals surface area contributed by atoms with Crippen LogP contribution in [0.4, 0.5) is 0 Å². The van der Waals surface area contributed by atoms with Gasteiger partial charge in [-0.05, 0) is 31.4 Å². The predicted molar refractivity (Wildman–Crippen MR) is 62.2 cm³/mol. The minimum atomic E-state index is 0.139. The van der Waals surface area contributed by atoms with Crippen LogP contribution in [0.5, 0.6) is 0 Å². The number of hydrogen-bond acceptors (Lipinski definition) is 3. The van der Waals surface area contributed by atoms with Crippen molar-refractivity contribution < 1.29 is 4.42 Å². The van der Waals surface area contributed by atoms with E-state index in [1.807, 2.05) is 19.1 Å². The van der Waals surface area contributed by atoms with Gasteiger partial charge in [0.15, 0.2) is 0 Å². The molecule has 0 saturated carbocycles. The second kappa shape index (κ2) is 5.93. The third kappa shape index (κ3) is 3.68. The lowest BCUT2D eigenvalue weighted by Gasteiger charge is -2.17. The van der Waals surface area contributed by atoms with Crippen molar-refractivity contribution in [3.63, 3.8) is 0 Å². The van der Waals surface area contributed by atoms with E-state index in [9.17, 15) is 0 Å². The summed E-state index contributed by atoms with van der Waals surface area (Å²) in [6.07, 6.45) is 3.48. The van der Waals surface area contributed by atoms with E-state index in [1.165, 1.54) is 12.8 Å². The highest BCUT2D eigenvalue weighted by molar-refractivity contribution is 5.09. The predicted octanol–water partition coefficient (Wildman–Crippen LogP) is 2.92. The summed E-state index contributed by atoms with van der Waals surface area (Å²) < 4.78 is 5.57. The van der Waals surface area contributed by atoms with Crippen LogP contribution < -0.4 is 11.3 Å². The summed E-state index contributed by atoms with van der Waals surface area (Å²) in [6, 6.07) is 4.11. The average molecular weight is 210 g/mol. The van der Waals surface area contributed by atoms with Crippen LogP contribution in [-0.4, -0.2) is 0 Å². The molecule has 2 atom stereocenters. The Morgan fingerprint density at radius 3 is 2.67 bits per heavy atom. The zero-order valence-electron chi connectivity index (χ0n) is 9.92. The maximum atomic E-state index is 5.57. The monoisotopic (exact) mass is 210 g/mol. The highest BCUT2D eigenvalue weighted by Gasteiger charge is 2.16. The van der Waals surface area contributed by atoms with Crippen molar-refractivity contribution in [3.8, 4) is 0 Å². The van der Waals surface area contributed by atoms with Gasteiger partial charge < -0.3 is 4.42 Å². The number of nitrogens with one attached hydrogen (secondary N) is 1. The normalized spacial score (nSPS) is 15.2. The number of hydrazine groups is 1. The van der Waals surface area contributed by atoms with Crippen molar-refractivity contribution in [1.82, 2.24) is 5.43 Å². The Morgan fingerprint density at radius 1 is 1.47 bits per heavy atom. The summed E-state index contributed by atoms with van der Waals surface area (Å²) in [5.41, 5.74) is 2.83. The van der Waals surface area contributed by atoms with Gasteiger partial charge in [-0.15, -0.1) is 0 Å². The molecule has 0 aliphatic heterocycles. The number of nitrogens with two attached hydrogens (primary N) is 1. The van der Waals surface area contributed by atoms with Crippen molar-refractivity contribution in [1.29, 1.82) is 0 Å². The van der Waals surface area contributed by atoms with E-state index < -0.39 is 0 Å². The Morgan fingerprint density at radius 2 is 2.20 bits per heavy atom. The van der Waals surface area contributed by atoms with Crippen molar-refractivity contribution in [2.24, 2.45) is 11.8 Å². The standard InChI is InChI=1S/C12H22N2O/c1-4-5-9(2)8-11(14-13)12-7-6-10(3)15-12/h6-7,9,11,14H,4-5,8,13H2,1-3H3. The van der Waals surface area contributed by atoms with Crippen LogP contribution in [0.3, 0.4) is 0 Å². The molecule has 0 aromatic carbocycles. The smallest absolute Gasteiger partial charge is 0.122 e. The first-order chi connectivity index (χ1) is 7.17. The minimum absolute atomic E-state index is 0.139. The molecule has 0 spiro atoms. The molecule has 86 valence electrons. The Hall–Kier alpha value is -0.800. The van der Waals surface area contributed by atoms with E-state index in [0.29, 0.717) is 5.92 Å². The maximum absolute atomic E-state index is 5.57. The van der Waals surface area contributed by atoms with Crippen LogP contribution in [-0.2, 0) is 0 Å². The fourth-order valence-corrected chi connectivity index (χ4v) is 1.92. The van der Waals surface area contributed by atoms with Gasteiger partial charge in [0.1, 0.15) is 11.5 Å². The highest BCUT2D eigenvalue weighted by atomic mass is 16.3. The Kier molecular flexibility index (Phi) is 4.85. The first-order valence-corrected chi connectivity index (χ1v) is 5.69. The molecule has 1 aromatic heterocycles. The number of hydrogen-bond donors (Lipinski definition) is 2. The summed E-state index contributed by atoms with van der Waals surface area (Å²) in [4.78, 5) is 0. The van der Waals surface area contributed by atoms with Gasteiger partial charge in [-0.25, -0.2) is 5.43 Å². The van der Waals surface area contributed by atoms with E-state index in [2.05, 4.69) is 19.3 Å². The van der Waals surface area contributed by atoms with E-state index in [0.717, 1.165) is 17.9 Å². The first kappa shape index (κ1) is 12.3. The largest absolute Gasteiger partial charge is 0.465 e. The summed E-state index contributed by atoms with van der Waals surface area (Å²) in [5, 5.41) is 0. The molecule has 1 heterocycles. The molecule has 3 nitrogen and oxygen atoms in total. The lowest BCUT2D eigenvalue weighted by molar-refractivity contribution is 0.338. The van der Waals surface area contributed by atoms with E-state index in [1.54, 1.807) is 0 Å². The van der Waals surface area contributed by atoms with E-state index in [-0.39, 0.29) is 6.04 Å². The number of rotatable bonds is 6. The lowest BCUT2D eigenvalue weighted by atomic mass is 9.96. The second-order valence-electron chi connectivity index (χ2n) is 4.30. The van der Waals surface area contributed by atoms with Crippen molar-refractivity contribution in [3.05, 3.63) is 23.7 Å². The molecule has 0 fully saturated rings. The van der Waals surface area contributed by atoms with Crippen LogP contribution in [0.1, 0.15) is 50.7 Å². The highest BCUT2D eigenvalue weighted by Crippen LogP contribution is 2.24. The van der Waals surface area contributed by atoms with Gasteiger partial charge in [-0.3, -0.25) is 5.84 Å². The molecule has 15 heavy (non-hydrogen) atoms. The van der Waals surface area contributed by atoms with Crippen LogP contribution >= 0.6 is 0 Å². The van der Waals surface area contributed by atoms with Crippen LogP contribution in [0.2, 0.25) is 0 Å². The molecular formula is C12H22N2O. The van der Waals surface area contributed by atoms with E-state index >= 15 is 0 Å². The summed E-state index contributed by atoms with van der Waals surface area (Å²) in [7, 11) is 0. The molecule has 2 unspecified atom stereocenters. The minimum Gasteiger partial charge on any atom is -0.465 e. The molecule has 0 saturated heterocycles. The number of aryl methyl sites for hydroxylation is 1. The molecule has 1 aromatic rings. The van der Waals surface area contributed by atoms with Crippen LogP contribution in [0.15, 0.2) is 16.5 Å². The Labute approximate surface area is 92.0 Å². The SMILES string of the molecule is CCCC(C)CC(NN)c1ccc(C)o1. The molecule has 0 amide bonds. The molecule has 0 aliphatic carbocycles.